The predicted molar refractivity (Wildman–Crippen MR) is 115 cm³/mol. The molecule has 7 nitrogen and oxygen atoms in total. The van der Waals surface area contributed by atoms with E-state index in [9.17, 15) is 18.8 Å². The van der Waals surface area contributed by atoms with Gasteiger partial charge in [-0.15, -0.1) is 0 Å². The Morgan fingerprint density at radius 3 is 2.69 bits per heavy atom. The summed E-state index contributed by atoms with van der Waals surface area (Å²) in [5.41, 5.74) is 1.83. The number of nitrogens with zero attached hydrogens (tertiary/aromatic N) is 1. The summed E-state index contributed by atoms with van der Waals surface area (Å²) in [6, 6.07) is 17.3. The fourth-order valence-electron chi connectivity index (χ4n) is 3.39. The van der Waals surface area contributed by atoms with Gasteiger partial charge in [-0.3, -0.25) is 9.59 Å². The summed E-state index contributed by atoms with van der Waals surface area (Å²) in [5.74, 6) is -1.52. The third-order valence-electron chi connectivity index (χ3n) is 4.97. The number of benzene rings is 3. The Bertz CT molecular complexity index is 1210. The second-order valence-corrected chi connectivity index (χ2v) is 7.08. The van der Waals surface area contributed by atoms with Gasteiger partial charge >= 0.3 is 5.97 Å². The summed E-state index contributed by atoms with van der Waals surface area (Å²) in [4.78, 5) is 38.4. The lowest BCUT2D eigenvalue weighted by Crippen LogP contribution is -2.38. The van der Waals surface area contributed by atoms with Gasteiger partial charge in [-0.25, -0.2) is 9.18 Å². The van der Waals surface area contributed by atoms with Crippen LogP contribution >= 0.6 is 0 Å². The van der Waals surface area contributed by atoms with Crippen LogP contribution < -0.4 is 15.0 Å². The molecule has 8 heteroatoms. The van der Waals surface area contributed by atoms with Crippen LogP contribution in [0.5, 0.6) is 5.75 Å². The number of hydrogen-bond acceptors (Lipinski definition) is 5. The van der Waals surface area contributed by atoms with Crippen molar-refractivity contribution in [2.45, 2.75) is 6.54 Å². The van der Waals surface area contributed by atoms with E-state index >= 15 is 0 Å². The first-order valence-corrected chi connectivity index (χ1v) is 9.76. The number of esters is 1. The molecule has 0 atom stereocenters. The number of halogens is 1. The molecule has 0 spiro atoms. The van der Waals surface area contributed by atoms with Crippen molar-refractivity contribution in [3.63, 3.8) is 0 Å². The molecular weight excluding hydrogens is 415 g/mol. The van der Waals surface area contributed by atoms with Crippen LogP contribution in [0.4, 0.5) is 15.8 Å². The highest BCUT2D eigenvalue weighted by molar-refractivity contribution is 6.05. The molecule has 0 saturated heterocycles. The summed E-state index contributed by atoms with van der Waals surface area (Å²) in [5, 5.41) is 2.65. The average molecular weight is 434 g/mol. The summed E-state index contributed by atoms with van der Waals surface area (Å²) in [7, 11) is 1.30. The summed E-state index contributed by atoms with van der Waals surface area (Å²) in [6.07, 6.45) is 0. The quantitative estimate of drug-likeness (QED) is 0.618. The smallest absolute Gasteiger partial charge is 0.337 e. The van der Waals surface area contributed by atoms with Gasteiger partial charge in [0.1, 0.15) is 11.6 Å². The fourth-order valence-corrected chi connectivity index (χ4v) is 3.39. The predicted octanol–water partition coefficient (Wildman–Crippen LogP) is 3.79. The molecule has 0 aromatic heterocycles. The maximum absolute atomic E-state index is 13.9. The van der Waals surface area contributed by atoms with Crippen molar-refractivity contribution < 1.29 is 28.2 Å². The number of fused-ring (bicyclic) bond motifs is 1. The third-order valence-corrected chi connectivity index (χ3v) is 4.97. The van der Waals surface area contributed by atoms with E-state index in [0.717, 1.165) is 5.56 Å². The lowest BCUT2D eigenvalue weighted by atomic mass is 10.1. The zero-order chi connectivity index (χ0) is 22.7. The Morgan fingerprint density at radius 2 is 1.91 bits per heavy atom. The van der Waals surface area contributed by atoms with Crippen molar-refractivity contribution in [1.29, 1.82) is 0 Å². The highest BCUT2D eigenvalue weighted by atomic mass is 19.1. The SMILES string of the molecule is COC(=O)c1cccc(CN2C(=O)COc3ccc(NC(=O)c4ccccc4F)cc32)c1. The lowest BCUT2D eigenvalue weighted by molar-refractivity contribution is -0.121. The van der Waals surface area contributed by atoms with Gasteiger partial charge in [0.25, 0.3) is 11.8 Å². The first-order valence-electron chi connectivity index (χ1n) is 9.76. The number of nitrogens with one attached hydrogen (secondary N) is 1. The van der Waals surface area contributed by atoms with Gasteiger partial charge in [-0.05, 0) is 48.0 Å². The molecule has 162 valence electrons. The monoisotopic (exact) mass is 434 g/mol. The first kappa shape index (κ1) is 21.0. The Morgan fingerprint density at radius 1 is 1.09 bits per heavy atom. The zero-order valence-electron chi connectivity index (χ0n) is 17.1. The number of methoxy groups -OCH3 is 1. The average Bonchev–Trinajstić information content (AvgIpc) is 2.81. The van der Waals surface area contributed by atoms with Crippen molar-refractivity contribution in [3.8, 4) is 5.75 Å². The Kier molecular flexibility index (Phi) is 5.85. The molecule has 1 aliphatic heterocycles. The maximum Gasteiger partial charge on any atom is 0.337 e. The van der Waals surface area contributed by atoms with Crippen molar-refractivity contribution >= 4 is 29.2 Å². The first-order chi connectivity index (χ1) is 15.5. The van der Waals surface area contributed by atoms with Crippen LogP contribution in [0.1, 0.15) is 26.3 Å². The van der Waals surface area contributed by atoms with E-state index < -0.39 is 17.7 Å². The van der Waals surface area contributed by atoms with E-state index in [4.69, 9.17) is 9.47 Å². The minimum absolute atomic E-state index is 0.0889. The maximum atomic E-state index is 13.9. The van der Waals surface area contributed by atoms with Crippen molar-refractivity contribution in [2.24, 2.45) is 0 Å². The third kappa shape index (κ3) is 4.29. The molecule has 0 fully saturated rings. The topological polar surface area (TPSA) is 84.9 Å². The Labute approximate surface area is 183 Å². The molecule has 3 aromatic carbocycles. The molecule has 3 aromatic rings. The van der Waals surface area contributed by atoms with Gasteiger partial charge in [0.2, 0.25) is 0 Å². The molecule has 1 N–H and O–H groups in total. The van der Waals surface area contributed by atoms with Crippen LogP contribution in [0.2, 0.25) is 0 Å². The molecule has 4 rings (SSSR count). The Balaban J connectivity index is 1.61. The molecule has 0 saturated carbocycles. The summed E-state index contributed by atoms with van der Waals surface area (Å²) in [6.45, 7) is 0.0510. The molecule has 0 unspecified atom stereocenters. The molecule has 2 amide bonds. The molecule has 0 radical (unpaired) electrons. The standard InChI is InChI=1S/C24H19FN2O5/c1-31-24(30)16-6-4-5-15(11-16)13-27-20-12-17(9-10-21(20)32-14-22(27)28)26-23(29)18-7-2-3-8-19(18)25/h2-12H,13-14H2,1H3,(H,26,29). The normalized spacial score (nSPS) is 12.6. The van der Waals surface area contributed by atoms with Gasteiger partial charge in [0.05, 0.1) is 30.5 Å². The minimum atomic E-state index is -0.631. The van der Waals surface area contributed by atoms with E-state index in [1.165, 1.54) is 30.2 Å². The lowest BCUT2D eigenvalue weighted by Gasteiger charge is -2.30. The van der Waals surface area contributed by atoms with Gasteiger partial charge < -0.3 is 19.7 Å². The fraction of sp³-hybridized carbons (Fsp3) is 0.125. The molecular formula is C24H19FN2O5. The number of hydrogen-bond donors (Lipinski definition) is 1. The zero-order valence-corrected chi connectivity index (χ0v) is 17.1. The highest BCUT2D eigenvalue weighted by Gasteiger charge is 2.26. The van der Waals surface area contributed by atoms with Gasteiger partial charge in [-0.1, -0.05) is 24.3 Å². The number of rotatable bonds is 5. The number of anilines is 2. The van der Waals surface area contributed by atoms with Crippen LogP contribution in [-0.4, -0.2) is 31.5 Å². The number of ether oxygens (including phenoxy) is 2. The number of amides is 2. The molecule has 1 aliphatic rings. The summed E-state index contributed by atoms with van der Waals surface area (Å²) >= 11 is 0. The van der Waals surface area contributed by atoms with Crippen LogP contribution in [0, 0.1) is 5.82 Å². The molecule has 32 heavy (non-hydrogen) atoms. The number of carbonyl (C=O) groups is 3. The Hall–Kier alpha value is -4.20. The van der Waals surface area contributed by atoms with Crippen molar-refractivity contribution in [1.82, 2.24) is 0 Å². The highest BCUT2D eigenvalue weighted by Crippen LogP contribution is 2.35. The second-order valence-electron chi connectivity index (χ2n) is 7.08. The van der Waals surface area contributed by atoms with Crippen molar-refractivity contribution in [2.75, 3.05) is 23.9 Å². The van der Waals surface area contributed by atoms with E-state index in [0.29, 0.717) is 22.7 Å². The second kappa shape index (κ2) is 8.89. The van der Waals surface area contributed by atoms with Gasteiger partial charge in [0.15, 0.2) is 6.61 Å². The molecule has 0 bridgehead atoms. The van der Waals surface area contributed by atoms with Gasteiger partial charge in [0, 0.05) is 5.69 Å². The molecule has 0 aliphatic carbocycles. The summed E-state index contributed by atoms with van der Waals surface area (Å²) < 4.78 is 24.2. The van der Waals surface area contributed by atoms with Gasteiger partial charge in [-0.2, -0.15) is 0 Å². The van der Waals surface area contributed by atoms with Crippen LogP contribution in [0.25, 0.3) is 0 Å². The molecule has 1 heterocycles. The van der Waals surface area contributed by atoms with E-state index in [2.05, 4.69) is 5.32 Å². The van der Waals surface area contributed by atoms with E-state index in [1.54, 1.807) is 48.5 Å². The number of carbonyl (C=O) groups excluding carboxylic acids is 3. The van der Waals surface area contributed by atoms with E-state index in [-0.39, 0.29) is 24.6 Å². The van der Waals surface area contributed by atoms with Crippen LogP contribution in [-0.2, 0) is 16.1 Å². The van der Waals surface area contributed by atoms with Crippen molar-refractivity contribution in [3.05, 3.63) is 89.2 Å². The van der Waals surface area contributed by atoms with E-state index in [1.807, 2.05) is 0 Å². The van der Waals surface area contributed by atoms with Crippen LogP contribution in [0.3, 0.4) is 0 Å². The minimum Gasteiger partial charge on any atom is -0.482 e. The van der Waals surface area contributed by atoms with Crippen LogP contribution in [0.15, 0.2) is 66.7 Å². The largest absolute Gasteiger partial charge is 0.482 e.